The lowest BCUT2D eigenvalue weighted by Gasteiger charge is -2.20. The van der Waals surface area contributed by atoms with Gasteiger partial charge in [-0.05, 0) is 86.1 Å². The standard InChI is InChI=1S/C35H42N2O4/c1-9-40-34(39)24(4)41-29-12-10-11-25(19-29)20-31-23(3)37(8)32-21-27(15-18-30(31)32)33(38)36-22(2)26-13-16-28(17-14-26)35(5,6)7/h10-19,21-22,24H,9,20H2,1-8H3,(H,36,38)/t22-,24?/m0/s1. The summed E-state index contributed by atoms with van der Waals surface area (Å²) in [6.07, 6.45) is 0.0148. The number of ether oxygens (including phenoxy) is 2. The molecular formula is C35H42N2O4. The summed E-state index contributed by atoms with van der Waals surface area (Å²) in [6.45, 7) is 14.5. The number of benzene rings is 3. The fourth-order valence-corrected chi connectivity index (χ4v) is 5.09. The molecule has 3 aromatic carbocycles. The van der Waals surface area contributed by atoms with Crippen molar-refractivity contribution < 1.29 is 19.1 Å². The molecular weight excluding hydrogens is 512 g/mol. The number of aryl methyl sites for hydroxylation is 1. The number of carbonyl (C=O) groups excluding carboxylic acids is 2. The van der Waals surface area contributed by atoms with Crippen LogP contribution in [0.3, 0.4) is 0 Å². The first-order valence-electron chi connectivity index (χ1n) is 14.3. The van der Waals surface area contributed by atoms with E-state index in [0.29, 0.717) is 24.3 Å². The first kappa shape index (κ1) is 29.9. The molecule has 1 N–H and O–H groups in total. The third-order valence-corrected chi connectivity index (χ3v) is 7.72. The van der Waals surface area contributed by atoms with Gasteiger partial charge < -0.3 is 19.4 Å². The Morgan fingerprint density at radius 1 is 0.976 bits per heavy atom. The number of aromatic nitrogens is 1. The molecule has 2 atom stereocenters. The minimum Gasteiger partial charge on any atom is -0.479 e. The zero-order valence-corrected chi connectivity index (χ0v) is 25.5. The summed E-state index contributed by atoms with van der Waals surface area (Å²) in [5.74, 6) is 0.151. The Bertz CT molecular complexity index is 1540. The predicted octanol–water partition coefficient (Wildman–Crippen LogP) is 7.20. The van der Waals surface area contributed by atoms with Crippen molar-refractivity contribution >= 4 is 22.8 Å². The predicted molar refractivity (Wildman–Crippen MR) is 165 cm³/mol. The Morgan fingerprint density at radius 2 is 1.68 bits per heavy atom. The maximum atomic E-state index is 13.2. The molecule has 1 aromatic heterocycles. The van der Waals surface area contributed by atoms with Crippen LogP contribution in [0.4, 0.5) is 0 Å². The number of hydrogen-bond donors (Lipinski definition) is 1. The van der Waals surface area contributed by atoms with Crippen molar-refractivity contribution in [3.05, 3.63) is 100 Å². The van der Waals surface area contributed by atoms with Crippen LogP contribution >= 0.6 is 0 Å². The van der Waals surface area contributed by atoms with Gasteiger partial charge in [-0.25, -0.2) is 4.79 Å². The monoisotopic (exact) mass is 554 g/mol. The molecule has 41 heavy (non-hydrogen) atoms. The van der Waals surface area contributed by atoms with E-state index in [1.165, 1.54) is 11.1 Å². The molecule has 0 aliphatic rings. The molecule has 4 aromatic rings. The maximum absolute atomic E-state index is 13.2. The van der Waals surface area contributed by atoms with Crippen LogP contribution in [0.2, 0.25) is 0 Å². The fourth-order valence-electron chi connectivity index (χ4n) is 5.09. The number of nitrogens with zero attached hydrogens (tertiary/aromatic N) is 1. The molecule has 4 rings (SSSR count). The van der Waals surface area contributed by atoms with Gasteiger partial charge >= 0.3 is 5.97 Å². The first-order valence-corrected chi connectivity index (χ1v) is 14.3. The summed E-state index contributed by atoms with van der Waals surface area (Å²) >= 11 is 0. The van der Waals surface area contributed by atoms with Gasteiger partial charge in [-0.1, -0.05) is 63.2 Å². The summed E-state index contributed by atoms with van der Waals surface area (Å²) in [4.78, 5) is 25.2. The molecule has 0 aliphatic carbocycles. The number of carbonyl (C=O) groups is 2. The van der Waals surface area contributed by atoms with Crippen LogP contribution in [-0.4, -0.2) is 29.2 Å². The van der Waals surface area contributed by atoms with Crippen LogP contribution in [0.25, 0.3) is 10.9 Å². The van der Waals surface area contributed by atoms with E-state index in [9.17, 15) is 9.59 Å². The van der Waals surface area contributed by atoms with Crippen LogP contribution in [0, 0.1) is 6.92 Å². The average Bonchev–Trinajstić information content (AvgIpc) is 3.17. The topological polar surface area (TPSA) is 69.6 Å². The molecule has 0 fully saturated rings. The van der Waals surface area contributed by atoms with E-state index < -0.39 is 6.10 Å². The third-order valence-electron chi connectivity index (χ3n) is 7.72. The second-order valence-electron chi connectivity index (χ2n) is 11.8. The largest absolute Gasteiger partial charge is 0.479 e. The van der Waals surface area contributed by atoms with Crippen molar-refractivity contribution in [2.24, 2.45) is 7.05 Å². The van der Waals surface area contributed by atoms with E-state index in [2.05, 4.69) is 67.9 Å². The Balaban J connectivity index is 1.51. The lowest BCUT2D eigenvalue weighted by atomic mass is 9.86. The van der Waals surface area contributed by atoms with Gasteiger partial charge in [0, 0.05) is 29.2 Å². The van der Waals surface area contributed by atoms with Crippen LogP contribution in [-0.2, 0) is 28.4 Å². The highest BCUT2D eigenvalue weighted by atomic mass is 16.6. The number of hydrogen-bond acceptors (Lipinski definition) is 4. The van der Waals surface area contributed by atoms with Crippen molar-refractivity contribution in [3.63, 3.8) is 0 Å². The van der Waals surface area contributed by atoms with E-state index in [1.807, 2.05) is 50.4 Å². The minimum absolute atomic E-state index is 0.0890. The molecule has 6 nitrogen and oxygen atoms in total. The molecule has 0 saturated heterocycles. The molecule has 216 valence electrons. The summed E-state index contributed by atoms with van der Waals surface area (Å²) < 4.78 is 13.0. The molecule has 1 amide bonds. The number of rotatable bonds is 9. The van der Waals surface area contributed by atoms with Gasteiger partial charge in [-0.3, -0.25) is 4.79 Å². The number of esters is 1. The van der Waals surface area contributed by atoms with Gasteiger partial charge in [0.25, 0.3) is 5.91 Å². The molecule has 0 spiro atoms. The zero-order chi connectivity index (χ0) is 29.9. The van der Waals surface area contributed by atoms with Crippen LogP contribution in [0.5, 0.6) is 5.75 Å². The van der Waals surface area contributed by atoms with E-state index >= 15 is 0 Å². The van der Waals surface area contributed by atoms with Crippen molar-refractivity contribution in [1.29, 1.82) is 0 Å². The molecule has 1 heterocycles. The van der Waals surface area contributed by atoms with E-state index in [0.717, 1.165) is 27.7 Å². The second kappa shape index (κ2) is 12.2. The van der Waals surface area contributed by atoms with Crippen LogP contribution in [0.15, 0.2) is 66.7 Å². The molecule has 0 radical (unpaired) electrons. The zero-order valence-electron chi connectivity index (χ0n) is 25.5. The second-order valence-corrected chi connectivity index (χ2v) is 11.8. The summed E-state index contributed by atoms with van der Waals surface area (Å²) in [5.41, 5.74) is 7.47. The summed E-state index contributed by atoms with van der Waals surface area (Å²) in [6, 6.07) is 22.1. The summed E-state index contributed by atoms with van der Waals surface area (Å²) in [7, 11) is 2.03. The van der Waals surface area contributed by atoms with E-state index in [-0.39, 0.29) is 23.3 Å². The third kappa shape index (κ3) is 6.82. The van der Waals surface area contributed by atoms with Gasteiger partial charge in [-0.15, -0.1) is 0 Å². The van der Waals surface area contributed by atoms with Crippen molar-refractivity contribution in [3.8, 4) is 5.75 Å². The molecule has 0 aliphatic heterocycles. The highest BCUT2D eigenvalue weighted by Gasteiger charge is 2.19. The van der Waals surface area contributed by atoms with Gasteiger partial charge in [0.2, 0.25) is 0 Å². The lowest BCUT2D eigenvalue weighted by molar-refractivity contribution is -0.150. The lowest BCUT2D eigenvalue weighted by Crippen LogP contribution is -2.26. The maximum Gasteiger partial charge on any atom is 0.347 e. The first-order chi connectivity index (χ1) is 19.4. The Hall–Kier alpha value is -4.06. The highest BCUT2D eigenvalue weighted by Crippen LogP contribution is 2.30. The quantitative estimate of drug-likeness (QED) is 0.222. The van der Waals surface area contributed by atoms with Gasteiger partial charge in [0.15, 0.2) is 6.10 Å². The van der Waals surface area contributed by atoms with Crippen LogP contribution in [0.1, 0.15) is 85.9 Å². The molecule has 1 unspecified atom stereocenters. The van der Waals surface area contributed by atoms with Gasteiger partial charge in [0.05, 0.1) is 12.6 Å². The Labute approximate surface area is 243 Å². The van der Waals surface area contributed by atoms with Crippen molar-refractivity contribution in [2.45, 2.75) is 72.4 Å². The SMILES string of the molecule is CCOC(=O)C(C)Oc1cccc(Cc2c(C)n(C)c3cc(C(=O)N[C@@H](C)c4ccc(C(C)(C)C)cc4)ccc23)c1. The Kier molecular flexibility index (Phi) is 8.91. The van der Waals surface area contributed by atoms with E-state index in [1.54, 1.807) is 13.8 Å². The molecule has 6 heteroatoms. The number of nitrogens with one attached hydrogen (secondary N) is 1. The minimum atomic E-state index is -0.681. The average molecular weight is 555 g/mol. The van der Waals surface area contributed by atoms with E-state index in [4.69, 9.17) is 9.47 Å². The number of amides is 1. The smallest absolute Gasteiger partial charge is 0.347 e. The van der Waals surface area contributed by atoms with Crippen molar-refractivity contribution in [1.82, 2.24) is 9.88 Å². The van der Waals surface area contributed by atoms with Crippen molar-refractivity contribution in [2.75, 3.05) is 6.61 Å². The fraction of sp³-hybridized carbons (Fsp3) is 0.371. The molecule has 0 saturated carbocycles. The molecule has 0 bridgehead atoms. The highest BCUT2D eigenvalue weighted by molar-refractivity contribution is 5.99. The van der Waals surface area contributed by atoms with Gasteiger partial charge in [0.1, 0.15) is 5.75 Å². The number of fused-ring (bicyclic) bond motifs is 1. The Morgan fingerprint density at radius 3 is 2.34 bits per heavy atom. The van der Waals surface area contributed by atoms with Gasteiger partial charge in [-0.2, -0.15) is 0 Å². The normalized spacial score (nSPS) is 13.1. The summed E-state index contributed by atoms with van der Waals surface area (Å²) in [5, 5.41) is 4.27. The van der Waals surface area contributed by atoms with Crippen LogP contribution < -0.4 is 10.1 Å².